The van der Waals surface area contributed by atoms with Crippen LogP contribution < -0.4 is 4.72 Å². The normalized spacial score (nSPS) is 15.2. The lowest BCUT2D eigenvalue weighted by Crippen LogP contribution is -2.46. The molecule has 0 unspecified atom stereocenters. The molecule has 0 saturated heterocycles. The maximum absolute atomic E-state index is 13.0. The van der Waals surface area contributed by atoms with Crippen LogP contribution in [0.2, 0.25) is 0 Å². The first-order valence-corrected chi connectivity index (χ1v) is 13.6. The number of hydrogen-bond acceptors (Lipinski definition) is 6. The van der Waals surface area contributed by atoms with Crippen molar-refractivity contribution in [1.29, 1.82) is 0 Å². The van der Waals surface area contributed by atoms with E-state index in [4.69, 9.17) is 4.74 Å². The van der Waals surface area contributed by atoms with Crippen LogP contribution in [-0.2, 0) is 26.1 Å². The van der Waals surface area contributed by atoms with E-state index in [1.807, 2.05) is 62.4 Å². The van der Waals surface area contributed by atoms with Crippen LogP contribution in [0.1, 0.15) is 58.6 Å². The fourth-order valence-corrected chi connectivity index (χ4v) is 5.16. The molecule has 36 heavy (non-hydrogen) atoms. The quantitative estimate of drug-likeness (QED) is 0.503. The first kappa shape index (κ1) is 27.4. The number of sulfonamides is 1. The van der Waals surface area contributed by atoms with Gasteiger partial charge in [0.05, 0.1) is 11.5 Å². The Labute approximate surface area is 213 Å². The van der Waals surface area contributed by atoms with Crippen molar-refractivity contribution in [2.24, 2.45) is 10.9 Å². The van der Waals surface area contributed by atoms with Crippen molar-refractivity contribution in [1.82, 2.24) is 9.62 Å². The summed E-state index contributed by atoms with van der Waals surface area (Å²) in [4.78, 5) is 30.8. The first-order chi connectivity index (χ1) is 16.9. The Kier molecular flexibility index (Phi) is 8.23. The third kappa shape index (κ3) is 5.95. The van der Waals surface area contributed by atoms with E-state index in [2.05, 4.69) is 11.9 Å². The van der Waals surface area contributed by atoms with Gasteiger partial charge in [-0.3, -0.25) is 4.79 Å². The number of carbonyl (C=O) groups excluding carboxylic acids is 2. The van der Waals surface area contributed by atoms with Gasteiger partial charge in [0.1, 0.15) is 11.4 Å². The number of aryl methyl sites for hydroxylation is 1. The van der Waals surface area contributed by atoms with Crippen LogP contribution >= 0.6 is 0 Å². The molecule has 2 amide bonds. The highest BCUT2D eigenvalue weighted by atomic mass is 32.2. The number of nitrogens with one attached hydrogen (secondary N) is 1. The summed E-state index contributed by atoms with van der Waals surface area (Å²) in [5.41, 5.74) is 2.43. The molecule has 1 N–H and O–H groups in total. The van der Waals surface area contributed by atoms with Gasteiger partial charge in [-0.15, -0.1) is 0 Å². The fourth-order valence-electron chi connectivity index (χ4n) is 4.04. The average Bonchev–Trinajstić information content (AvgIpc) is 3.01. The Balaban J connectivity index is 1.89. The van der Waals surface area contributed by atoms with Gasteiger partial charge in [-0.1, -0.05) is 57.2 Å². The molecule has 0 aromatic heterocycles. The fraction of sp³-hybridized carbons (Fsp3) is 0.444. The molecule has 1 aliphatic heterocycles. The van der Waals surface area contributed by atoms with Crippen LogP contribution in [-0.4, -0.2) is 43.3 Å². The van der Waals surface area contributed by atoms with Gasteiger partial charge in [-0.05, 0) is 55.9 Å². The number of hydrogen-bond donors (Lipinski definition) is 1. The second kappa shape index (κ2) is 10.8. The second-order valence-corrected chi connectivity index (χ2v) is 11.6. The van der Waals surface area contributed by atoms with Gasteiger partial charge in [0.15, 0.2) is 0 Å². The van der Waals surface area contributed by atoms with Crippen molar-refractivity contribution in [3.8, 4) is 11.1 Å². The van der Waals surface area contributed by atoms with Gasteiger partial charge in [0.25, 0.3) is 15.9 Å². The van der Waals surface area contributed by atoms with Crippen LogP contribution in [0.25, 0.3) is 11.1 Å². The van der Waals surface area contributed by atoms with Gasteiger partial charge in [-0.25, -0.2) is 17.9 Å². The van der Waals surface area contributed by atoms with E-state index in [0.29, 0.717) is 17.7 Å². The van der Waals surface area contributed by atoms with Crippen LogP contribution in [0.15, 0.2) is 52.4 Å². The highest BCUT2D eigenvalue weighted by Crippen LogP contribution is 2.32. The molecule has 1 aliphatic rings. The minimum absolute atomic E-state index is 0.0118. The van der Waals surface area contributed by atoms with Crippen molar-refractivity contribution in [3.05, 3.63) is 53.6 Å². The van der Waals surface area contributed by atoms with Gasteiger partial charge in [0.2, 0.25) is 0 Å². The molecule has 0 spiro atoms. The highest BCUT2D eigenvalue weighted by molar-refractivity contribution is 7.90. The molecule has 0 saturated carbocycles. The topological polar surface area (TPSA) is 105 Å². The van der Waals surface area contributed by atoms with Crippen LogP contribution in [0, 0.1) is 12.8 Å². The Morgan fingerprint density at radius 2 is 1.86 bits per heavy atom. The van der Waals surface area contributed by atoms with Gasteiger partial charge < -0.3 is 9.64 Å². The van der Waals surface area contributed by atoms with E-state index in [1.165, 1.54) is 6.07 Å². The minimum atomic E-state index is -4.15. The first-order valence-electron chi connectivity index (χ1n) is 12.1. The summed E-state index contributed by atoms with van der Waals surface area (Å²) in [6, 6.07) is 12.2. The number of rotatable bonds is 9. The van der Waals surface area contributed by atoms with E-state index < -0.39 is 21.7 Å². The maximum atomic E-state index is 13.0. The molecule has 0 bridgehead atoms. The zero-order valence-corrected chi connectivity index (χ0v) is 22.6. The third-order valence-corrected chi connectivity index (χ3v) is 7.51. The second-order valence-electron chi connectivity index (χ2n) is 9.96. The number of nitrogens with zero attached hydrogens (tertiary/aromatic N) is 2. The minimum Gasteiger partial charge on any atom is -0.449 e. The van der Waals surface area contributed by atoms with Crippen molar-refractivity contribution in [3.63, 3.8) is 0 Å². The van der Waals surface area contributed by atoms with E-state index >= 15 is 0 Å². The van der Waals surface area contributed by atoms with E-state index in [0.717, 1.165) is 29.8 Å². The number of amidine groups is 1. The molecule has 0 atom stereocenters. The molecule has 2 aromatic carbocycles. The maximum Gasteiger partial charge on any atom is 0.421 e. The summed E-state index contributed by atoms with van der Waals surface area (Å²) in [7, 11) is -4.15. The molecule has 9 heteroatoms. The van der Waals surface area contributed by atoms with Gasteiger partial charge in [0, 0.05) is 18.5 Å². The molecule has 0 fully saturated rings. The molecular weight excluding hydrogens is 478 g/mol. The Morgan fingerprint density at radius 3 is 2.50 bits per heavy atom. The number of benzene rings is 2. The standard InChI is InChI=1S/C27H35N3O5S/c1-7-10-24-28-25(31)27(5,6)30(24)16-21-14-13-20(15-19(21)4)22-11-8-9-12-23(22)36(33,34)29-26(32)35-17-18(2)3/h8-9,11-15,18H,7,10,16-17H2,1-6H3,(H,29,32). The van der Waals surface area contributed by atoms with Crippen LogP contribution in [0.3, 0.4) is 0 Å². The lowest BCUT2D eigenvalue weighted by molar-refractivity contribution is -0.124. The number of ether oxygens (including phenoxy) is 1. The largest absolute Gasteiger partial charge is 0.449 e. The summed E-state index contributed by atoms with van der Waals surface area (Å²) >= 11 is 0. The zero-order chi connectivity index (χ0) is 26.7. The van der Waals surface area contributed by atoms with Crippen molar-refractivity contribution in [2.75, 3.05) is 6.61 Å². The lowest BCUT2D eigenvalue weighted by atomic mass is 9.97. The van der Waals surface area contributed by atoms with Crippen molar-refractivity contribution >= 4 is 27.9 Å². The van der Waals surface area contributed by atoms with Crippen LogP contribution in [0.4, 0.5) is 4.79 Å². The molecule has 0 radical (unpaired) electrons. The molecule has 1 heterocycles. The molecule has 3 rings (SSSR count). The highest BCUT2D eigenvalue weighted by Gasteiger charge is 2.41. The summed E-state index contributed by atoms with van der Waals surface area (Å²) in [6.07, 6.45) is 0.614. The summed E-state index contributed by atoms with van der Waals surface area (Å²) in [6.45, 7) is 12.1. The molecule has 0 aliphatic carbocycles. The monoisotopic (exact) mass is 513 g/mol. The van der Waals surface area contributed by atoms with Crippen molar-refractivity contribution in [2.45, 2.75) is 71.4 Å². The van der Waals surface area contributed by atoms with Crippen LogP contribution in [0.5, 0.6) is 0 Å². The number of amides is 2. The third-order valence-electron chi connectivity index (χ3n) is 6.14. The van der Waals surface area contributed by atoms with Gasteiger partial charge >= 0.3 is 6.09 Å². The Morgan fingerprint density at radius 1 is 1.17 bits per heavy atom. The Bertz CT molecular complexity index is 1280. The molecule has 2 aromatic rings. The van der Waals surface area contributed by atoms with Crippen molar-refractivity contribution < 1.29 is 22.7 Å². The number of aliphatic imine (C=N–C) groups is 1. The SMILES string of the molecule is CCCC1=NC(=O)C(C)(C)N1Cc1ccc(-c2ccccc2S(=O)(=O)NC(=O)OCC(C)C)cc1C. The number of carbonyl (C=O) groups is 2. The molecule has 8 nitrogen and oxygen atoms in total. The van der Waals surface area contributed by atoms with Gasteiger partial charge in [-0.2, -0.15) is 4.99 Å². The van der Waals surface area contributed by atoms with E-state index in [-0.39, 0.29) is 23.3 Å². The predicted octanol–water partition coefficient (Wildman–Crippen LogP) is 5.05. The average molecular weight is 514 g/mol. The smallest absolute Gasteiger partial charge is 0.421 e. The predicted molar refractivity (Wildman–Crippen MR) is 140 cm³/mol. The van der Waals surface area contributed by atoms with E-state index in [1.54, 1.807) is 18.2 Å². The zero-order valence-electron chi connectivity index (χ0n) is 21.8. The summed E-state index contributed by atoms with van der Waals surface area (Å²) < 4.78 is 33.0. The molecular formula is C27H35N3O5S. The Hall–Kier alpha value is -3.20. The lowest BCUT2D eigenvalue weighted by Gasteiger charge is -2.33. The summed E-state index contributed by atoms with van der Waals surface area (Å²) in [5.74, 6) is 0.738. The molecule has 194 valence electrons. The van der Waals surface area contributed by atoms with E-state index in [9.17, 15) is 18.0 Å². The summed E-state index contributed by atoms with van der Waals surface area (Å²) in [5, 5.41) is 0.